The monoisotopic (exact) mass is 410 g/mol. The number of carbonyl (C=O) groups excluding carboxylic acids is 3. The Morgan fingerprint density at radius 2 is 1.53 bits per heavy atom. The lowest BCUT2D eigenvalue weighted by atomic mass is 10.2. The van der Waals surface area contributed by atoms with E-state index < -0.39 is 17.8 Å². The second-order valence-corrected chi connectivity index (χ2v) is 6.16. The molecular weight excluding hydrogens is 391 g/mol. The maximum Gasteiger partial charge on any atom is 0.319 e. The average molecular weight is 410 g/mol. The molecule has 4 N–H and O–H groups in total. The Hall–Kier alpha value is -4.14. The van der Waals surface area contributed by atoms with Gasteiger partial charge in [0.05, 0.1) is 6.26 Å². The number of furan rings is 1. The Bertz CT molecular complexity index is 1040. The van der Waals surface area contributed by atoms with Crippen molar-refractivity contribution in [3.05, 3.63) is 84.1 Å². The van der Waals surface area contributed by atoms with Crippen LogP contribution in [0, 0.1) is 5.82 Å². The molecule has 4 amide bonds. The molecule has 0 bridgehead atoms. The lowest BCUT2D eigenvalue weighted by Gasteiger charge is -2.10. The summed E-state index contributed by atoms with van der Waals surface area (Å²) in [6.45, 7) is 0.404. The van der Waals surface area contributed by atoms with Crippen LogP contribution >= 0.6 is 0 Å². The lowest BCUT2D eigenvalue weighted by Crippen LogP contribution is -2.36. The van der Waals surface area contributed by atoms with Crippen molar-refractivity contribution < 1.29 is 23.2 Å². The van der Waals surface area contributed by atoms with Crippen molar-refractivity contribution in [2.45, 2.75) is 0 Å². The number of anilines is 2. The third-order valence-electron chi connectivity index (χ3n) is 3.91. The van der Waals surface area contributed by atoms with Crippen molar-refractivity contribution in [2.24, 2.45) is 0 Å². The molecule has 0 radical (unpaired) electrons. The molecule has 3 rings (SSSR count). The number of hydrogen-bond acceptors (Lipinski definition) is 4. The van der Waals surface area contributed by atoms with Gasteiger partial charge >= 0.3 is 6.03 Å². The van der Waals surface area contributed by atoms with Crippen LogP contribution in [0.4, 0.5) is 20.6 Å². The normalized spacial score (nSPS) is 10.2. The zero-order valence-corrected chi connectivity index (χ0v) is 15.8. The summed E-state index contributed by atoms with van der Waals surface area (Å²) in [6.07, 6.45) is 1.40. The molecule has 154 valence electrons. The van der Waals surface area contributed by atoms with Crippen molar-refractivity contribution in [2.75, 3.05) is 23.7 Å². The summed E-state index contributed by atoms with van der Waals surface area (Å²) in [5, 5.41) is 10.4. The third-order valence-corrected chi connectivity index (χ3v) is 3.91. The first kappa shape index (κ1) is 20.6. The highest BCUT2D eigenvalue weighted by molar-refractivity contribution is 6.05. The minimum Gasteiger partial charge on any atom is -0.459 e. The van der Waals surface area contributed by atoms with E-state index in [0.29, 0.717) is 16.9 Å². The van der Waals surface area contributed by atoms with E-state index in [9.17, 15) is 18.8 Å². The number of urea groups is 1. The summed E-state index contributed by atoms with van der Waals surface area (Å²) in [7, 11) is 0. The van der Waals surface area contributed by atoms with Crippen LogP contribution in [-0.4, -0.2) is 30.9 Å². The Balaban J connectivity index is 1.46. The number of amides is 4. The van der Waals surface area contributed by atoms with Gasteiger partial charge in [-0.15, -0.1) is 0 Å². The second kappa shape index (κ2) is 9.87. The maximum atomic E-state index is 13.2. The van der Waals surface area contributed by atoms with Gasteiger partial charge < -0.3 is 25.7 Å². The molecule has 0 saturated heterocycles. The number of hydrogen-bond donors (Lipinski definition) is 4. The topological polar surface area (TPSA) is 112 Å². The Labute approximate surface area is 171 Å². The maximum absolute atomic E-state index is 13.2. The molecule has 0 atom stereocenters. The molecule has 1 aromatic heterocycles. The summed E-state index contributed by atoms with van der Waals surface area (Å²) in [6, 6.07) is 14.5. The molecule has 3 aromatic rings. The fourth-order valence-corrected chi connectivity index (χ4v) is 2.53. The van der Waals surface area contributed by atoms with E-state index in [1.807, 2.05) is 0 Å². The predicted octanol–water partition coefficient (Wildman–Crippen LogP) is 3.22. The molecule has 0 saturated carbocycles. The van der Waals surface area contributed by atoms with Crippen molar-refractivity contribution in [1.82, 2.24) is 10.6 Å². The van der Waals surface area contributed by atoms with Gasteiger partial charge in [-0.2, -0.15) is 0 Å². The van der Waals surface area contributed by atoms with E-state index in [1.165, 1.54) is 36.6 Å². The first-order chi connectivity index (χ1) is 14.5. The third kappa shape index (κ3) is 5.93. The first-order valence-corrected chi connectivity index (χ1v) is 9.05. The van der Waals surface area contributed by atoms with Crippen LogP contribution in [0.25, 0.3) is 0 Å². The molecule has 0 unspecified atom stereocenters. The summed E-state index contributed by atoms with van der Waals surface area (Å²) in [4.78, 5) is 36.0. The van der Waals surface area contributed by atoms with Gasteiger partial charge in [-0.25, -0.2) is 9.18 Å². The zero-order valence-electron chi connectivity index (χ0n) is 15.8. The molecule has 0 aliphatic heterocycles. The highest BCUT2D eigenvalue weighted by Crippen LogP contribution is 2.14. The van der Waals surface area contributed by atoms with Crippen LogP contribution in [0.15, 0.2) is 71.3 Å². The van der Waals surface area contributed by atoms with E-state index >= 15 is 0 Å². The lowest BCUT2D eigenvalue weighted by molar-refractivity contribution is 0.0925. The van der Waals surface area contributed by atoms with Gasteiger partial charge in [0.25, 0.3) is 11.8 Å². The molecule has 9 heteroatoms. The van der Waals surface area contributed by atoms with Crippen molar-refractivity contribution in [3.8, 4) is 0 Å². The zero-order chi connectivity index (χ0) is 21.3. The van der Waals surface area contributed by atoms with Crippen LogP contribution in [0.5, 0.6) is 0 Å². The molecule has 1 heterocycles. The molecule has 8 nitrogen and oxygen atoms in total. The summed E-state index contributed by atoms with van der Waals surface area (Å²) in [5.74, 6) is -1.09. The SMILES string of the molecule is O=C(NCCNC(=O)c1ccco1)Nc1cccc(C(=O)Nc2cccc(F)c2)c1. The van der Waals surface area contributed by atoms with Crippen molar-refractivity contribution >= 4 is 29.2 Å². The summed E-state index contributed by atoms with van der Waals surface area (Å²) < 4.78 is 18.2. The Kier molecular flexibility index (Phi) is 6.78. The molecule has 30 heavy (non-hydrogen) atoms. The average Bonchev–Trinajstić information content (AvgIpc) is 3.26. The van der Waals surface area contributed by atoms with Gasteiger partial charge in [0.15, 0.2) is 5.76 Å². The van der Waals surface area contributed by atoms with Crippen LogP contribution in [-0.2, 0) is 0 Å². The first-order valence-electron chi connectivity index (χ1n) is 9.05. The molecular formula is C21H19FN4O4. The van der Waals surface area contributed by atoms with Gasteiger partial charge in [-0.05, 0) is 48.5 Å². The van der Waals surface area contributed by atoms with Crippen LogP contribution in [0.2, 0.25) is 0 Å². The smallest absolute Gasteiger partial charge is 0.319 e. The van der Waals surface area contributed by atoms with E-state index in [1.54, 1.807) is 30.3 Å². The largest absolute Gasteiger partial charge is 0.459 e. The van der Waals surface area contributed by atoms with Crippen molar-refractivity contribution in [1.29, 1.82) is 0 Å². The number of halogens is 1. The van der Waals surface area contributed by atoms with Gasteiger partial charge in [0.1, 0.15) is 5.82 Å². The summed E-state index contributed by atoms with van der Waals surface area (Å²) in [5.41, 5.74) is 1.02. The number of nitrogens with one attached hydrogen (secondary N) is 4. The van der Waals surface area contributed by atoms with E-state index in [4.69, 9.17) is 4.42 Å². The predicted molar refractivity (Wildman–Crippen MR) is 109 cm³/mol. The highest BCUT2D eigenvalue weighted by atomic mass is 19.1. The minimum absolute atomic E-state index is 0.188. The molecule has 2 aromatic carbocycles. The van der Waals surface area contributed by atoms with Gasteiger partial charge in [-0.1, -0.05) is 12.1 Å². The van der Waals surface area contributed by atoms with Crippen LogP contribution in [0.1, 0.15) is 20.9 Å². The Morgan fingerprint density at radius 3 is 2.27 bits per heavy atom. The minimum atomic E-state index is -0.495. The van der Waals surface area contributed by atoms with E-state index in [-0.39, 0.29) is 24.8 Å². The van der Waals surface area contributed by atoms with E-state index in [2.05, 4.69) is 21.3 Å². The molecule has 0 aliphatic carbocycles. The number of carbonyl (C=O) groups is 3. The van der Waals surface area contributed by atoms with Gasteiger partial charge in [0, 0.05) is 30.0 Å². The van der Waals surface area contributed by atoms with E-state index in [0.717, 1.165) is 0 Å². The highest BCUT2D eigenvalue weighted by Gasteiger charge is 2.10. The Morgan fingerprint density at radius 1 is 0.800 bits per heavy atom. The van der Waals surface area contributed by atoms with Gasteiger partial charge in [0.2, 0.25) is 0 Å². The van der Waals surface area contributed by atoms with Gasteiger partial charge in [-0.3, -0.25) is 9.59 Å². The quantitative estimate of drug-likeness (QED) is 0.448. The number of rotatable bonds is 7. The fourth-order valence-electron chi connectivity index (χ4n) is 2.53. The number of benzene rings is 2. The molecule has 0 aliphatic rings. The molecule has 0 fully saturated rings. The van der Waals surface area contributed by atoms with Crippen LogP contribution in [0.3, 0.4) is 0 Å². The standard InChI is InChI=1S/C21H19FN4O4/c22-15-5-2-7-17(13-15)25-19(27)14-4-1-6-16(12-14)26-21(29)24-10-9-23-20(28)18-8-3-11-30-18/h1-8,11-13H,9-10H2,(H,23,28)(H,25,27)(H2,24,26,29). The van der Waals surface area contributed by atoms with Crippen molar-refractivity contribution in [3.63, 3.8) is 0 Å². The second-order valence-electron chi connectivity index (χ2n) is 6.16. The summed E-state index contributed by atoms with van der Waals surface area (Å²) >= 11 is 0. The fraction of sp³-hybridized carbons (Fsp3) is 0.0952. The molecule has 0 spiro atoms. The van der Waals surface area contributed by atoms with Crippen LogP contribution < -0.4 is 21.3 Å².